The minimum atomic E-state index is -1.33. The highest BCUT2D eigenvalue weighted by Gasteiger charge is 2.38. The number of hydrogen-bond donors (Lipinski definition) is 7. The van der Waals surface area contributed by atoms with Crippen molar-refractivity contribution >= 4 is 63.4 Å². The van der Waals surface area contributed by atoms with Crippen molar-refractivity contribution in [2.75, 3.05) is 24.7 Å². The number of Topliss-reactive ketones (excluding diaryl/α,β-unsaturated/α-hetero) is 2. The Balaban J connectivity index is 0.788. The number of nitrogen functional groups attached to an aromatic ring is 2. The molecule has 0 bridgehead atoms. The quantitative estimate of drug-likeness (QED) is 0.0534. The number of rotatable bonds is 20. The Kier molecular flexibility index (Phi) is 14.3. The second-order valence-corrected chi connectivity index (χ2v) is 18.3. The van der Waals surface area contributed by atoms with Crippen LogP contribution >= 0.6 is 0 Å². The first kappa shape index (κ1) is 51.2. The topological polar surface area (TPSA) is 381 Å². The van der Waals surface area contributed by atoms with Gasteiger partial charge in [-0.25, -0.2) is 39.5 Å². The number of imidazole rings is 2. The van der Waals surface area contributed by atoms with E-state index in [1.165, 1.54) is 72.2 Å². The normalized spacial score (nSPS) is 19.1. The van der Waals surface area contributed by atoms with Crippen LogP contribution in [0.4, 0.5) is 11.6 Å². The number of aromatic nitrogens is 9. The van der Waals surface area contributed by atoms with E-state index in [0.717, 1.165) is 0 Å². The lowest BCUT2D eigenvalue weighted by Crippen LogP contribution is -2.21. The maximum absolute atomic E-state index is 13.9. The van der Waals surface area contributed by atoms with Gasteiger partial charge in [-0.2, -0.15) is 0 Å². The van der Waals surface area contributed by atoms with E-state index < -0.39 is 60.5 Å². The molecule has 2 saturated heterocycles. The highest BCUT2D eigenvalue weighted by molar-refractivity contribution is 6.07. The SMILES string of the molecule is NC(=O)c1ccc(CCC(=O)c2ccccc2C(=O)O)cc1OC[C@@H]1C[C@@H](O)[C@H](n2cnc3c(N)nc(-c4ccc(C(=O)O)c(C(=O)CCc5cc(OC[C@@H]6C[C@@H](O)[C@H](n7cnc8c(N)ncnc87)O6)ccn5)c4)nc32)O1. The molecule has 0 radical (unpaired) electrons. The molecule has 8 aromatic rings. The molecule has 7 heterocycles. The molecule has 0 unspecified atom stereocenters. The number of fused-ring (bicyclic) bond motifs is 2. The zero-order valence-electron chi connectivity index (χ0n) is 40.6. The third kappa shape index (κ3) is 10.7. The molecule has 3 aromatic carbocycles. The Bertz CT molecular complexity index is 3620. The average Bonchev–Trinajstić information content (AvgIpc) is 4.24. The zero-order chi connectivity index (χ0) is 54.1. The third-order valence-corrected chi connectivity index (χ3v) is 13.2. The van der Waals surface area contributed by atoms with Crippen molar-refractivity contribution < 1.29 is 63.3 Å². The number of benzene rings is 3. The van der Waals surface area contributed by atoms with Gasteiger partial charge in [0, 0.05) is 60.3 Å². The van der Waals surface area contributed by atoms with Gasteiger partial charge in [0.2, 0.25) is 0 Å². The van der Waals surface area contributed by atoms with Crippen molar-refractivity contribution in [3.8, 4) is 22.9 Å². The second kappa shape index (κ2) is 21.5. The summed E-state index contributed by atoms with van der Waals surface area (Å²) in [4.78, 5) is 93.7. The molecule has 0 aliphatic carbocycles. The first-order valence-corrected chi connectivity index (χ1v) is 24.1. The van der Waals surface area contributed by atoms with E-state index in [1.807, 2.05) is 0 Å². The number of pyridine rings is 1. The zero-order valence-corrected chi connectivity index (χ0v) is 40.6. The van der Waals surface area contributed by atoms with Crippen LogP contribution in [0.3, 0.4) is 0 Å². The second-order valence-electron chi connectivity index (χ2n) is 18.3. The van der Waals surface area contributed by atoms with Crippen LogP contribution in [0.15, 0.2) is 98.0 Å². The third-order valence-electron chi connectivity index (χ3n) is 13.2. The van der Waals surface area contributed by atoms with Crippen LogP contribution in [-0.2, 0) is 22.3 Å². The van der Waals surface area contributed by atoms with Gasteiger partial charge in [-0.15, -0.1) is 0 Å². The maximum Gasteiger partial charge on any atom is 0.336 e. The van der Waals surface area contributed by atoms with Gasteiger partial charge >= 0.3 is 11.9 Å². The van der Waals surface area contributed by atoms with Crippen LogP contribution in [0.5, 0.6) is 11.5 Å². The largest absolute Gasteiger partial charge is 0.491 e. The number of nitrogens with two attached hydrogens (primary N) is 3. The van der Waals surface area contributed by atoms with Gasteiger partial charge in [-0.05, 0) is 54.8 Å². The monoisotopic (exact) mass is 1050 g/mol. The summed E-state index contributed by atoms with van der Waals surface area (Å²) in [7, 11) is 0. The number of aliphatic hydroxyl groups is 2. The minimum absolute atomic E-state index is 0.0235. The number of anilines is 2. The molecule has 394 valence electrons. The maximum atomic E-state index is 13.9. The van der Waals surface area contributed by atoms with E-state index in [0.29, 0.717) is 28.2 Å². The van der Waals surface area contributed by atoms with Gasteiger partial charge < -0.3 is 56.6 Å². The molecular weight excluding hydrogens is 1000 g/mol. The molecule has 77 heavy (non-hydrogen) atoms. The highest BCUT2D eigenvalue weighted by atomic mass is 16.6. The van der Waals surface area contributed by atoms with E-state index in [-0.39, 0.29) is 125 Å². The van der Waals surface area contributed by atoms with Crippen LogP contribution in [0, 0.1) is 0 Å². The number of aliphatic hydroxyl groups excluding tert-OH is 2. The smallest absolute Gasteiger partial charge is 0.336 e. The molecule has 2 aliphatic heterocycles. The molecule has 25 heteroatoms. The summed E-state index contributed by atoms with van der Waals surface area (Å²) >= 11 is 0. The summed E-state index contributed by atoms with van der Waals surface area (Å²) in [5.41, 5.74) is 20.2. The van der Waals surface area contributed by atoms with Crippen LogP contribution < -0.4 is 26.7 Å². The summed E-state index contributed by atoms with van der Waals surface area (Å²) in [5, 5.41) is 41.8. The summed E-state index contributed by atoms with van der Waals surface area (Å²) in [5.74, 6) is -3.48. The average molecular weight is 1050 g/mol. The van der Waals surface area contributed by atoms with Crippen LogP contribution in [0.1, 0.15) is 101 Å². The molecule has 5 aromatic heterocycles. The molecule has 10 rings (SSSR count). The Labute approximate surface area is 435 Å². The Morgan fingerprint density at radius 2 is 1.26 bits per heavy atom. The van der Waals surface area contributed by atoms with Crippen LogP contribution in [-0.4, -0.2) is 131 Å². The molecule has 2 aliphatic rings. The fourth-order valence-electron chi connectivity index (χ4n) is 9.37. The number of aryl methyl sites for hydroxylation is 2. The number of carbonyl (C=O) groups excluding carboxylic acids is 3. The molecule has 6 atom stereocenters. The number of nitrogens with zero attached hydrogens (tertiary/aromatic N) is 9. The number of ether oxygens (including phenoxy) is 4. The summed E-state index contributed by atoms with van der Waals surface area (Å²) in [6.45, 7) is -0.0551. The summed E-state index contributed by atoms with van der Waals surface area (Å²) < 4.78 is 27.5. The molecular formula is C52H48N12O13. The minimum Gasteiger partial charge on any atom is -0.491 e. The van der Waals surface area contributed by atoms with Gasteiger partial charge in [0.25, 0.3) is 5.91 Å². The molecule has 2 fully saturated rings. The number of hydrogen-bond acceptors (Lipinski definition) is 20. The lowest BCUT2D eigenvalue weighted by molar-refractivity contribution is -0.0458. The Morgan fingerprint density at radius 3 is 1.96 bits per heavy atom. The van der Waals surface area contributed by atoms with Gasteiger partial charge in [0.1, 0.15) is 54.3 Å². The van der Waals surface area contributed by atoms with Crippen molar-refractivity contribution in [3.05, 3.63) is 137 Å². The summed E-state index contributed by atoms with van der Waals surface area (Å²) in [6, 6.07) is 18.0. The summed E-state index contributed by atoms with van der Waals surface area (Å²) in [6.07, 6.45) is 1.12. The lowest BCUT2D eigenvalue weighted by atomic mass is 9.97. The van der Waals surface area contributed by atoms with Crippen LogP contribution in [0.2, 0.25) is 0 Å². The predicted octanol–water partition coefficient (Wildman–Crippen LogP) is 3.77. The van der Waals surface area contributed by atoms with Crippen molar-refractivity contribution in [2.45, 2.75) is 75.4 Å². The number of carbonyl (C=O) groups is 5. The molecule has 10 N–H and O–H groups in total. The number of carboxylic acid groups (broad SMARTS) is 2. The van der Waals surface area contributed by atoms with Gasteiger partial charge in [0.05, 0.1) is 41.6 Å². The first-order valence-electron chi connectivity index (χ1n) is 24.1. The van der Waals surface area contributed by atoms with Gasteiger partial charge in [-0.1, -0.05) is 30.3 Å². The number of amides is 1. The molecule has 0 spiro atoms. The highest BCUT2D eigenvalue weighted by Crippen LogP contribution is 2.35. The van der Waals surface area contributed by atoms with E-state index in [4.69, 9.17) is 41.1 Å². The predicted molar refractivity (Wildman–Crippen MR) is 270 cm³/mol. The number of primary amides is 1. The number of aromatic carboxylic acids is 2. The fourth-order valence-corrected chi connectivity index (χ4v) is 9.37. The van der Waals surface area contributed by atoms with E-state index in [9.17, 15) is 44.4 Å². The van der Waals surface area contributed by atoms with Crippen molar-refractivity contribution in [1.82, 2.24) is 44.0 Å². The van der Waals surface area contributed by atoms with E-state index in [1.54, 1.807) is 34.9 Å². The van der Waals surface area contributed by atoms with E-state index >= 15 is 0 Å². The molecule has 25 nitrogen and oxygen atoms in total. The van der Waals surface area contributed by atoms with Crippen molar-refractivity contribution in [3.63, 3.8) is 0 Å². The molecule has 1 amide bonds. The molecule has 0 saturated carbocycles. The Morgan fingerprint density at radius 1 is 0.636 bits per heavy atom. The van der Waals surface area contributed by atoms with Gasteiger partial charge in [0.15, 0.2) is 52.8 Å². The van der Waals surface area contributed by atoms with Crippen LogP contribution in [0.25, 0.3) is 33.7 Å². The van der Waals surface area contributed by atoms with Gasteiger partial charge in [-0.3, -0.25) is 28.5 Å². The Hall–Kier alpha value is -9.30. The van der Waals surface area contributed by atoms with E-state index in [2.05, 4.69) is 29.9 Å². The fraction of sp³-hybridized carbons (Fsp3) is 0.269. The number of carboxylic acids is 2. The lowest BCUT2D eigenvalue weighted by Gasteiger charge is -2.18. The first-order chi connectivity index (χ1) is 37.1. The van der Waals surface area contributed by atoms with Crippen molar-refractivity contribution in [2.24, 2.45) is 5.73 Å². The number of ketones is 2. The standard InChI is InChI=1S/C52H48N12O13/c53-43-41-47(58-22-57-43)63(23-59-41)49-38(67)18-29(76-49)20-74-28-13-14-56-27(17-28)8-12-37(66)35-16-26(7-10-33(35)52(72)73)46-61-44(54)42-48(62-46)64(24-60-42)50-39(68)19-30(77-50)21-75-40-15-25(5-9-34(40)45(55)69)6-11-36(65)31-3-1-2-4-32(31)51(70)71/h1-5,7,9-10,13-17,22-24,29-30,38-39,49-50,67-68H,6,8,11-12,18-21H2,(H2,55,69)(H,70,71)(H,72,73)(H2,53,57,58)(H2,54,61,62)/t29-,30-,38+,39+,49+,50+/m0/s1. The van der Waals surface area contributed by atoms with Crippen molar-refractivity contribution in [1.29, 1.82) is 0 Å².